The molecule has 0 unspecified atom stereocenters. The summed E-state index contributed by atoms with van der Waals surface area (Å²) in [6.07, 6.45) is 0.00546. The van der Waals surface area contributed by atoms with E-state index in [-0.39, 0.29) is 22.9 Å². The van der Waals surface area contributed by atoms with Crippen molar-refractivity contribution in [3.63, 3.8) is 0 Å². The van der Waals surface area contributed by atoms with Crippen LogP contribution in [0.2, 0.25) is 0 Å². The van der Waals surface area contributed by atoms with Crippen LogP contribution in [0.3, 0.4) is 0 Å². The Kier molecular flexibility index (Phi) is 5.46. The maximum atomic E-state index is 13.0. The van der Waals surface area contributed by atoms with Crippen molar-refractivity contribution in [2.24, 2.45) is 0 Å². The van der Waals surface area contributed by atoms with Crippen molar-refractivity contribution >= 4 is 48.6 Å². The van der Waals surface area contributed by atoms with E-state index in [9.17, 15) is 8.42 Å². The van der Waals surface area contributed by atoms with Gasteiger partial charge in [0.15, 0.2) is 11.6 Å². The van der Waals surface area contributed by atoms with Gasteiger partial charge in [-0.15, -0.1) is 0 Å². The molecule has 4 rings (SSSR count). The van der Waals surface area contributed by atoms with Crippen LogP contribution in [-0.2, 0) is 14.8 Å². The largest absolute Gasteiger partial charge is 0.372 e. The minimum atomic E-state index is -3.82. The molecule has 1 N–H and O–H groups in total. The minimum absolute atomic E-state index is 0.00273. The zero-order valence-corrected chi connectivity index (χ0v) is 18.4. The van der Waals surface area contributed by atoms with E-state index in [1.807, 2.05) is 43.0 Å². The second-order valence-corrected chi connectivity index (χ2v) is 9.70. The van der Waals surface area contributed by atoms with E-state index in [1.54, 1.807) is 24.3 Å². The Morgan fingerprint density at radius 2 is 1.59 bits per heavy atom. The molecule has 0 saturated carbocycles. The zero-order valence-electron chi connectivity index (χ0n) is 16.0. The molecule has 152 valence electrons. The molecule has 9 heteroatoms. The molecule has 1 aliphatic heterocycles. The summed E-state index contributed by atoms with van der Waals surface area (Å²) in [4.78, 5) is 11.5. The molecule has 2 atom stereocenters. The molecule has 29 heavy (non-hydrogen) atoms. The second-order valence-electron chi connectivity index (χ2n) is 7.11. The molecule has 0 bridgehead atoms. The summed E-state index contributed by atoms with van der Waals surface area (Å²) in [5, 5.41) is 0. The third-order valence-corrected chi connectivity index (χ3v) is 6.51. The van der Waals surface area contributed by atoms with Crippen LogP contribution < -0.4 is 9.62 Å². The van der Waals surface area contributed by atoms with E-state index in [0.717, 1.165) is 4.47 Å². The summed E-state index contributed by atoms with van der Waals surface area (Å²) in [6, 6.07) is 13.9. The second kappa shape index (κ2) is 7.89. The van der Waals surface area contributed by atoms with Gasteiger partial charge in [-0.2, -0.15) is 0 Å². The monoisotopic (exact) mass is 476 g/mol. The number of halogens is 1. The number of para-hydroxylation sites is 2. The number of morpholine rings is 1. The molecule has 0 radical (unpaired) electrons. The smallest absolute Gasteiger partial charge is 0.263 e. The fourth-order valence-corrected chi connectivity index (χ4v) is 4.70. The maximum Gasteiger partial charge on any atom is 0.263 e. The van der Waals surface area contributed by atoms with Crippen LogP contribution in [0.15, 0.2) is 57.9 Å². The molecule has 2 aromatic carbocycles. The van der Waals surface area contributed by atoms with Gasteiger partial charge in [-0.05, 0) is 50.2 Å². The zero-order chi connectivity index (χ0) is 20.6. The number of benzene rings is 2. The van der Waals surface area contributed by atoms with E-state index in [4.69, 9.17) is 9.72 Å². The van der Waals surface area contributed by atoms with Crippen LogP contribution >= 0.6 is 15.9 Å². The number of sulfonamides is 1. The number of aromatic nitrogens is 2. The standard InChI is InChI=1S/C20H21BrN4O3S/c1-13-11-25(12-14(2)28-13)20-19(22-17-5-3-4-6-18(17)23-20)24-29(26,27)16-9-7-15(21)8-10-16/h3-10,13-14H,11-12H2,1-2H3,(H,22,24)/t13-,14-/m0/s1. The van der Waals surface area contributed by atoms with Gasteiger partial charge in [-0.25, -0.2) is 18.4 Å². The van der Waals surface area contributed by atoms with Gasteiger partial charge >= 0.3 is 0 Å². The van der Waals surface area contributed by atoms with Crippen LogP contribution in [0.1, 0.15) is 13.8 Å². The van der Waals surface area contributed by atoms with Crippen molar-refractivity contribution < 1.29 is 13.2 Å². The summed E-state index contributed by atoms with van der Waals surface area (Å²) in [5.74, 6) is 0.722. The number of hydrogen-bond acceptors (Lipinski definition) is 6. The van der Waals surface area contributed by atoms with Crippen LogP contribution in [0.4, 0.5) is 11.6 Å². The molecule has 1 aromatic heterocycles. The topological polar surface area (TPSA) is 84.4 Å². The van der Waals surface area contributed by atoms with E-state index < -0.39 is 10.0 Å². The van der Waals surface area contributed by atoms with Crippen molar-refractivity contribution in [1.29, 1.82) is 0 Å². The van der Waals surface area contributed by atoms with Crippen LogP contribution in [-0.4, -0.2) is 43.7 Å². The van der Waals surface area contributed by atoms with Gasteiger partial charge in [0.1, 0.15) is 0 Å². The third-order valence-electron chi connectivity index (χ3n) is 4.63. The lowest BCUT2D eigenvalue weighted by Gasteiger charge is -2.36. The summed E-state index contributed by atoms with van der Waals surface area (Å²) in [6.45, 7) is 5.18. The first-order valence-electron chi connectivity index (χ1n) is 9.27. The Labute approximate surface area is 178 Å². The lowest BCUT2D eigenvalue weighted by molar-refractivity contribution is -0.00540. The van der Waals surface area contributed by atoms with Gasteiger partial charge in [0.2, 0.25) is 0 Å². The highest BCUT2D eigenvalue weighted by Crippen LogP contribution is 2.29. The summed E-state index contributed by atoms with van der Waals surface area (Å²) < 4.78 is 35.2. The van der Waals surface area contributed by atoms with Crippen LogP contribution in [0.25, 0.3) is 11.0 Å². The molecule has 0 amide bonds. The van der Waals surface area contributed by atoms with Crippen molar-refractivity contribution in [3.8, 4) is 0 Å². The Balaban J connectivity index is 1.78. The molecule has 1 aliphatic rings. The number of nitrogens with one attached hydrogen (secondary N) is 1. The summed E-state index contributed by atoms with van der Waals surface area (Å²) >= 11 is 3.32. The molecule has 2 heterocycles. The molecule has 7 nitrogen and oxygen atoms in total. The fourth-order valence-electron chi connectivity index (χ4n) is 3.43. The molecular weight excluding hydrogens is 456 g/mol. The van der Waals surface area contributed by atoms with Gasteiger partial charge in [0, 0.05) is 17.6 Å². The minimum Gasteiger partial charge on any atom is -0.372 e. The number of anilines is 2. The number of hydrogen-bond donors (Lipinski definition) is 1. The third kappa shape index (κ3) is 4.36. The van der Waals surface area contributed by atoms with Crippen LogP contribution in [0.5, 0.6) is 0 Å². The van der Waals surface area contributed by atoms with Crippen molar-refractivity contribution in [2.45, 2.75) is 31.0 Å². The van der Waals surface area contributed by atoms with Gasteiger partial charge in [0.25, 0.3) is 10.0 Å². The maximum absolute atomic E-state index is 13.0. The van der Waals surface area contributed by atoms with Gasteiger partial charge in [0.05, 0.1) is 28.1 Å². The number of fused-ring (bicyclic) bond motifs is 1. The summed E-state index contributed by atoms with van der Waals surface area (Å²) in [7, 11) is -3.82. The van der Waals surface area contributed by atoms with Gasteiger partial charge < -0.3 is 9.64 Å². The van der Waals surface area contributed by atoms with E-state index >= 15 is 0 Å². The normalized spacial score (nSPS) is 20.0. The van der Waals surface area contributed by atoms with Crippen molar-refractivity contribution in [2.75, 3.05) is 22.7 Å². The van der Waals surface area contributed by atoms with Gasteiger partial charge in [-0.1, -0.05) is 28.1 Å². The van der Waals surface area contributed by atoms with E-state index in [0.29, 0.717) is 29.9 Å². The highest BCUT2D eigenvalue weighted by atomic mass is 79.9. The molecule has 0 spiro atoms. The SMILES string of the molecule is C[C@H]1CN(c2nc3ccccc3nc2NS(=O)(=O)c2ccc(Br)cc2)C[C@H](C)O1. The van der Waals surface area contributed by atoms with Crippen molar-refractivity contribution in [3.05, 3.63) is 53.0 Å². The average molecular weight is 477 g/mol. The molecule has 1 fully saturated rings. The molecular formula is C20H21BrN4O3S. The number of rotatable bonds is 4. The summed E-state index contributed by atoms with van der Waals surface area (Å²) in [5.41, 5.74) is 1.33. The predicted octanol–water partition coefficient (Wildman–Crippen LogP) is 3.81. The Bertz CT molecular complexity index is 1130. The molecule has 3 aromatic rings. The average Bonchev–Trinajstić information content (AvgIpc) is 2.66. The lowest BCUT2D eigenvalue weighted by atomic mass is 10.2. The highest BCUT2D eigenvalue weighted by molar-refractivity contribution is 9.10. The Morgan fingerprint density at radius 1 is 1.00 bits per heavy atom. The molecule has 0 aliphatic carbocycles. The van der Waals surface area contributed by atoms with Gasteiger partial charge in [-0.3, -0.25) is 4.72 Å². The van der Waals surface area contributed by atoms with E-state index in [2.05, 4.69) is 25.6 Å². The van der Waals surface area contributed by atoms with Crippen LogP contribution in [0, 0.1) is 0 Å². The predicted molar refractivity (Wildman–Crippen MR) is 117 cm³/mol. The first kappa shape index (κ1) is 20.1. The first-order valence-corrected chi connectivity index (χ1v) is 11.5. The van der Waals surface area contributed by atoms with E-state index in [1.165, 1.54) is 0 Å². The Hall–Kier alpha value is -2.23. The van der Waals surface area contributed by atoms with Crippen molar-refractivity contribution in [1.82, 2.24) is 9.97 Å². The number of ether oxygens (including phenoxy) is 1. The first-order chi connectivity index (χ1) is 13.8. The number of nitrogens with zero attached hydrogens (tertiary/aromatic N) is 3. The quantitative estimate of drug-likeness (QED) is 0.616. The fraction of sp³-hybridized carbons (Fsp3) is 0.300. The lowest BCUT2D eigenvalue weighted by Crippen LogP contribution is -2.46. The Morgan fingerprint density at radius 3 is 2.21 bits per heavy atom. The highest BCUT2D eigenvalue weighted by Gasteiger charge is 2.28. The molecule has 1 saturated heterocycles.